The van der Waals surface area contributed by atoms with E-state index in [9.17, 15) is 4.79 Å². The van der Waals surface area contributed by atoms with Crippen molar-refractivity contribution in [3.05, 3.63) is 29.8 Å². The van der Waals surface area contributed by atoms with E-state index in [2.05, 4.69) is 4.90 Å². The van der Waals surface area contributed by atoms with Crippen LogP contribution >= 0.6 is 0 Å². The van der Waals surface area contributed by atoms with E-state index >= 15 is 0 Å². The van der Waals surface area contributed by atoms with Crippen molar-refractivity contribution in [3.8, 4) is 5.75 Å². The van der Waals surface area contributed by atoms with Crippen molar-refractivity contribution >= 4 is 5.78 Å². The molecule has 0 aromatic heterocycles. The van der Waals surface area contributed by atoms with Gasteiger partial charge in [-0.1, -0.05) is 19.1 Å². The summed E-state index contributed by atoms with van der Waals surface area (Å²) in [6.45, 7) is 7.13. The summed E-state index contributed by atoms with van der Waals surface area (Å²) in [5.74, 6) is 0.750. The van der Waals surface area contributed by atoms with Crippen LogP contribution in [0.15, 0.2) is 24.3 Å². The molecule has 0 N–H and O–H groups in total. The number of Topliss-reactive ketones (excluding diaryl/α,β-unsaturated/α-hetero) is 1. The van der Waals surface area contributed by atoms with Gasteiger partial charge in [-0.15, -0.1) is 0 Å². The van der Waals surface area contributed by atoms with Gasteiger partial charge in [0.2, 0.25) is 0 Å². The highest BCUT2D eigenvalue weighted by Gasteiger charge is 2.15. The molecule has 0 spiro atoms. The Morgan fingerprint density at radius 2 is 2.00 bits per heavy atom. The number of nitrogens with zero attached hydrogens (tertiary/aromatic N) is 1. The molecule has 4 heteroatoms. The maximum Gasteiger partial charge on any atom is 0.180 e. The summed E-state index contributed by atoms with van der Waals surface area (Å²) in [5.41, 5.74) is 0.653. The van der Waals surface area contributed by atoms with Crippen LogP contribution < -0.4 is 4.74 Å². The number of hydrogen-bond donors (Lipinski definition) is 0. The maximum atomic E-state index is 12.3. The van der Waals surface area contributed by atoms with Crippen LogP contribution in [0.3, 0.4) is 0 Å². The number of ether oxygens (including phenoxy) is 2. The summed E-state index contributed by atoms with van der Waals surface area (Å²) in [7, 11) is 1.67. The van der Waals surface area contributed by atoms with Crippen LogP contribution in [-0.2, 0) is 4.74 Å². The zero-order valence-corrected chi connectivity index (χ0v) is 12.0. The Balaban J connectivity index is 2.71. The van der Waals surface area contributed by atoms with E-state index in [4.69, 9.17) is 9.47 Å². The lowest BCUT2D eigenvalue weighted by Gasteiger charge is -2.19. The van der Waals surface area contributed by atoms with E-state index in [1.807, 2.05) is 38.1 Å². The molecule has 1 rings (SSSR count). The average Bonchev–Trinajstić information content (AvgIpc) is 2.44. The molecule has 19 heavy (non-hydrogen) atoms. The van der Waals surface area contributed by atoms with Gasteiger partial charge in [0.05, 0.1) is 25.3 Å². The molecule has 0 heterocycles. The molecule has 0 saturated carbocycles. The molecule has 1 aromatic carbocycles. The lowest BCUT2D eigenvalue weighted by atomic mass is 10.1. The fourth-order valence-corrected chi connectivity index (χ4v) is 1.84. The number of ketones is 1. The van der Waals surface area contributed by atoms with Crippen LogP contribution in [0.25, 0.3) is 0 Å². The van der Waals surface area contributed by atoms with Gasteiger partial charge >= 0.3 is 0 Å². The SMILES string of the molecule is CCOc1ccccc1C(=O)CN(CC)CCOC. The molecule has 0 radical (unpaired) electrons. The minimum Gasteiger partial charge on any atom is -0.493 e. The van der Waals surface area contributed by atoms with Crippen molar-refractivity contribution in [2.24, 2.45) is 0 Å². The predicted octanol–water partition coefficient (Wildman–Crippen LogP) is 2.24. The van der Waals surface area contributed by atoms with Gasteiger partial charge in [0.1, 0.15) is 5.75 Å². The lowest BCUT2D eigenvalue weighted by molar-refractivity contribution is 0.0898. The number of hydrogen-bond acceptors (Lipinski definition) is 4. The van der Waals surface area contributed by atoms with Crippen LogP contribution in [0.1, 0.15) is 24.2 Å². The molecule has 0 aliphatic rings. The third-order valence-electron chi connectivity index (χ3n) is 2.91. The largest absolute Gasteiger partial charge is 0.493 e. The van der Waals surface area contributed by atoms with Gasteiger partial charge in [-0.2, -0.15) is 0 Å². The molecule has 0 aliphatic heterocycles. The molecule has 0 atom stereocenters. The Hall–Kier alpha value is -1.39. The summed E-state index contributed by atoms with van der Waals surface area (Å²) in [6, 6.07) is 7.39. The quantitative estimate of drug-likeness (QED) is 0.642. The number of likely N-dealkylation sites (N-methyl/N-ethyl adjacent to an activating group) is 1. The molecular weight excluding hydrogens is 242 g/mol. The first-order chi connectivity index (χ1) is 9.22. The first-order valence-corrected chi connectivity index (χ1v) is 6.69. The summed E-state index contributed by atoms with van der Waals surface area (Å²) in [6.07, 6.45) is 0. The van der Waals surface area contributed by atoms with E-state index in [0.29, 0.717) is 31.1 Å². The van der Waals surface area contributed by atoms with Gasteiger partial charge in [0, 0.05) is 13.7 Å². The minimum atomic E-state index is 0.0852. The molecule has 0 fully saturated rings. The lowest BCUT2D eigenvalue weighted by Crippen LogP contribution is -2.32. The van der Waals surface area contributed by atoms with Crippen LogP contribution in [0.2, 0.25) is 0 Å². The molecular formula is C15H23NO3. The molecule has 0 saturated heterocycles. The van der Waals surface area contributed by atoms with Gasteiger partial charge in [0.15, 0.2) is 5.78 Å². The second kappa shape index (κ2) is 8.67. The fraction of sp³-hybridized carbons (Fsp3) is 0.533. The first kappa shape index (κ1) is 15.7. The topological polar surface area (TPSA) is 38.8 Å². The number of benzene rings is 1. The highest BCUT2D eigenvalue weighted by molar-refractivity contribution is 6.00. The van der Waals surface area contributed by atoms with E-state index in [-0.39, 0.29) is 5.78 Å². The van der Waals surface area contributed by atoms with Crippen LogP contribution in [-0.4, -0.2) is 50.6 Å². The monoisotopic (exact) mass is 265 g/mol. The molecule has 1 aromatic rings. The minimum absolute atomic E-state index is 0.0852. The average molecular weight is 265 g/mol. The summed E-state index contributed by atoms with van der Waals surface area (Å²) >= 11 is 0. The van der Waals surface area contributed by atoms with Gasteiger partial charge in [-0.3, -0.25) is 9.69 Å². The number of carbonyl (C=O) groups excluding carboxylic acids is 1. The number of carbonyl (C=O) groups is 1. The molecule has 0 unspecified atom stereocenters. The maximum absolute atomic E-state index is 12.3. The van der Waals surface area contributed by atoms with Crippen molar-refractivity contribution in [2.75, 3.05) is 40.0 Å². The first-order valence-electron chi connectivity index (χ1n) is 6.69. The summed E-state index contributed by atoms with van der Waals surface area (Å²) in [4.78, 5) is 14.4. The Kier molecular flexibility index (Phi) is 7.15. The molecule has 0 amide bonds. The van der Waals surface area contributed by atoms with Crippen molar-refractivity contribution in [2.45, 2.75) is 13.8 Å². The molecule has 0 aliphatic carbocycles. The third kappa shape index (κ3) is 5.01. The fourth-order valence-electron chi connectivity index (χ4n) is 1.84. The van der Waals surface area contributed by atoms with Crippen LogP contribution in [0.5, 0.6) is 5.75 Å². The standard InChI is InChI=1S/C15H23NO3/c1-4-16(10-11-18-3)12-14(17)13-8-6-7-9-15(13)19-5-2/h6-9H,4-5,10-12H2,1-3H3. The second-order valence-corrected chi connectivity index (χ2v) is 4.21. The summed E-state index contributed by atoms with van der Waals surface area (Å²) < 4.78 is 10.5. The van der Waals surface area contributed by atoms with Crippen molar-refractivity contribution in [3.63, 3.8) is 0 Å². The van der Waals surface area contributed by atoms with Gasteiger partial charge in [-0.25, -0.2) is 0 Å². The zero-order chi connectivity index (χ0) is 14.1. The number of methoxy groups -OCH3 is 1. The van der Waals surface area contributed by atoms with E-state index in [0.717, 1.165) is 13.1 Å². The normalized spacial score (nSPS) is 10.7. The van der Waals surface area contributed by atoms with Crippen molar-refractivity contribution < 1.29 is 14.3 Å². The van der Waals surface area contributed by atoms with Gasteiger partial charge in [-0.05, 0) is 25.6 Å². The van der Waals surface area contributed by atoms with Crippen LogP contribution in [0, 0.1) is 0 Å². The van der Waals surface area contributed by atoms with E-state index < -0.39 is 0 Å². The Morgan fingerprint density at radius 1 is 1.26 bits per heavy atom. The highest BCUT2D eigenvalue weighted by atomic mass is 16.5. The Bertz CT molecular complexity index is 393. The second-order valence-electron chi connectivity index (χ2n) is 4.21. The zero-order valence-electron chi connectivity index (χ0n) is 12.0. The molecule has 0 bridgehead atoms. The van der Waals surface area contributed by atoms with Gasteiger partial charge in [0.25, 0.3) is 0 Å². The highest BCUT2D eigenvalue weighted by Crippen LogP contribution is 2.18. The van der Waals surface area contributed by atoms with E-state index in [1.54, 1.807) is 7.11 Å². The Morgan fingerprint density at radius 3 is 2.63 bits per heavy atom. The molecule has 4 nitrogen and oxygen atoms in total. The third-order valence-corrected chi connectivity index (χ3v) is 2.91. The van der Waals surface area contributed by atoms with Crippen LogP contribution in [0.4, 0.5) is 0 Å². The Labute approximate surface area is 115 Å². The van der Waals surface area contributed by atoms with E-state index in [1.165, 1.54) is 0 Å². The smallest absolute Gasteiger partial charge is 0.180 e. The van der Waals surface area contributed by atoms with Crippen molar-refractivity contribution in [1.82, 2.24) is 4.90 Å². The predicted molar refractivity (Wildman–Crippen MR) is 75.9 cm³/mol. The number of rotatable bonds is 9. The van der Waals surface area contributed by atoms with Crippen molar-refractivity contribution in [1.29, 1.82) is 0 Å². The number of para-hydroxylation sites is 1. The summed E-state index contributed by atoms with van der Waals surface area (Å²) in [5, 5.41) is 0. The van der Waals surface area contributed by atoms with Gasteiger partial charge < -0.3 is 9.47 Å². The molecule has 106 valence electrons.